The standard InChI is InChI=1S/C40H56O2/c1-31(19-13-21-33(3)25-27-37-35(5)23-15-29-39(37,7)8)17-11-12-18-32(2)20-14-22-34(4)26-28-38(42)40(9,10)30-16-24-36(6)41/h11-14,17-22,25-28,37,41H,5-6,15-16,23-24,29-30H2,1-4,7-10H3/b12-11+,19-13+,20-14+,27-25+,28-26+,31-17+,32-18+,33-21+,34-22+/t37-/m1/s1. The van der Waals surface area contributed by atoms with E-state index in [9.17, 15) is 9.90 Å². The zero-order valence-corrected chi connectivity index (χ0v) is 27.7. The van der Waals surface area contributed by atoms with Crippen LogP contribution in [0.15, 0.2) is 132 Å². The summed E-state index contributed by atoms with van der Waals surface area (Å²) in [6, 6.07) is 0. The summed E-state index contributed by atoms with van der Waals surface area (Å²) in [5.41, 5.74) is 5.78. The summed E-state index contributed by atoms with van der Waals surface area (Å²) in [5.74, 6) is 0.722. The van der Waals surface area contributed by atoms with Gasteiger partial charge in [-0.2, -0.15) is 0 Å². The normalized spacial score (nSPS) is 19.8. The SMILES string of the molecule is C=C(O)CCCC(C)(C)C(=O)/C=C/C(C)=C/C=C/C(C)=C/C=C/C=C(C)/C=C/C=C(C)/C=C/[C@@H]1C(=C)CCCC1(C)C. The number of ketones is 1. The highest BCUT2D eigenvalue weighted by Crippen LogP contribution is 2.43. The van der Waals surface area contributed by atoms with Gasteiger partial charge >= 0.3 is 0 Å². The fourth-order valence-electron chi connectivity index (χ4n) is 4.91. The molecule has 0 saturated heterocycles. The van der Waals surface area contributed by atoms with Crippen molar-refractivity contribution in [2.45, 2.75) is 93.9 Å². The maximum atomic E-state index is 12.6. The number of aliphatic hydroxyl groups is 1. The molecule has 1 N–H and O–H groups in total. The Morgan fingerprint density at radius 1 is 0.857 bits per heavy atom. The second-order valence-electron chi connectivity index (χ2n) is 13.1. The molecule has 0 amide bonds. The minimum absolute atomic E-state index is 0.0931. The second-order valence-corrected chi connectivity index (χ2v) is 13.1. The van der Waals surface area contributed by atoms with Crippen molar-refractivity contribution in [1.29, 1.82) is 0 Å². The Kier molecular flexibility index (Phi) is 15.9. The van der Waals surface area contributed by atoms with E-state index in [1.807, 2.05) is 45.1 Å². The second kappa shape index (κ2) is 18.2. The Morgan fingerprint density at radius 2 is 1.36 bits per heavy atom. The first kappa shape index (κ1) is 36.6. The van der Waals surface area contributed by atoms with E-state index in [0.717, 1.165) is 24.0 Å². The first-order valence-corrected chi connectivity index (χ1v) is 15.3. The lowest BCUT2D eigenvalue weighted by atomic mass is 9.66. The van der Waals surface area contributed by atoms with Gasteiger partial charge in [-0.05, 0) is 71.3 Å². The summed E-state index contributed by atoms with van der Waals surface area (Å²) < 4.78 is 0. The van der Waals surface area contributed by atoms with E-state index < -0.39 is 5.41 Å². The molecule has 2 nitrogen and oxygen atoms in total. The van der Waals surface area contributed by atoms with Crippen molar-refractivity contribution in [2.24, 2.45) is 16.7 Å². The molecule has 0 heterocycles. The molecule has 1 fully saturated rings. The monoisotopic (exact) mass is 568 g/mol. The fraction of sp³-hybridized carbons (Fsp3) is 0.425. The van der Waals surface area contributed by atoms with Gasteiger partial charge in [-0.15, -0.1) is 0 Å². The van der Waals surface area contributed by atoms with Gasteiger partial charge in [0.15, 0.2) is 5.78 Å². The third-order valence-corrected chi connectivity index (χ3v) is 7.85. The van der Waals surface area contributed by atoms with Crippen molar-refractivity contribution in [3.8, 4) is 0 Å². The molecular weight excluding hydrogens is 512 g/mol. The van der Waals surface area contributed by atoms with Crippen LogP contribution >= 0.6 is 0 Å². The molecule has 0 aromatic rings. The molecule has 1 aliphatic rings. The third-order valence-electron chi connectivity index (χ3n) is 7.85. The van der Waals surface area contributed by atoms with Gasteiger partial charge in [0.25, 0.3) is 0 Å². The Bertz CT molecular complexity index is 1210. The van der Waals surface area contributed by atoms with Gasteiger partial charge < -0.3 is 5.11 Å². The van der Waals surface area contributed by atoms with Crippen molar-refractivity contribution >= 4 is 5.78 Å². The van der Waals surface area contributed by atoms with Gasteiger partial charge in [-0.3, -0.25) is 4.79 Å². The van der Waals surface area contributed by atoms with E-state index in [2.05, 4.69) is 102 Å². The van der Waals surface area contributed by atoms with Crippen LogP contribution in [0.25, 0.3) is 0 Å². The molecule has 0 unspecified atom stereocenters. The van der Waals surface area contributed by atoms with E-state index >= 15 is 0 Å². The Morgan fingerprint density at radius 3 is 1.88 bits per heavy atom. The molecule has 42 heavy (non-hydrogen) atoms. The van der Waals surface area contributed by atoms with Crippen molar-refractivity contribution in [3.63, 3.8) is 0 Å². The maximum Gasteiger partial charge on any atom is 0.161 e. The summed E-state index contributed by atoms with van der Waals surface area (Å²) >= 11 is 0. The Labute approximate surface area is 257 Å². The summed E-state index contributed by atoms with van der Waals surface area (Å²) in [4.78, 5) is 12.6. The quantitative estimate of drug-likeness (QED) is 0.0923. The first-order valence-electron chi connectivity index (χ1n) is 15.3. The van der Waals surface area contributed by atoms with E-state index in [1.165, 1.54) is 29.6 Å². The van der Waals surface area contributed by atoms with Gasteiger partial charge in [0.2, 0.25) is 0 Å². The summed E-state index contributed by atoms with van der Waals surface area (Å²) in [6.07, 6.45) is 34.5. The van der Waals surface area contributed by atoms with Gasteiger partial charge in [0, 0.05) is 17.8 Å². The maximum absolute atomic E-state index is 12.6. The molecule has 0 radical (unpaired) electrons. The predicted octanol–water partition coefficient (Wildman–Crippen LogP) is 11.8. The van der Waals surface area contributed by atoms with Crippen LogP contribution in [0.3, 0.4) is 0 Å². The number of rotatable bonds is 15. The van der Waals surface area contributed by atoms with Crippen molar-refractivity contribution in [3.05, 3.63) is 132 Å². The van der Waals surface area contributed by atoms with Crippen molar-refractivity contribution < 1.29 is 9.90 Å². The highest BCUT2D eigenvalue weighted by molar-refractivity contribution is 5.94. The van der Waals surface area contributed by atoms with E-state index in [1.54, 1.807) is 6.08 Å². The average Bonchev–Trinajstić information content (AvgIpc) is 2.88. The molecule has 0 aromatic carbocycles. The molecule has 0 aromatic heterocycles. The van der Waals surface area contributed by atoms with E-state index in [0.29, 0.717) is 24.2 Å². The minimum Gasteiger partial charge on any atom is -0.513 e. The predicted molar refractivity (Wildman–Crippen MR) is 185 cm³/mol. The largest absolute Gasteiger partial charge is 0.513 e. The number of allylic oxidation sites excluding steroid dienone is 20. The molecule has 1 atom stereocenters. The molecule has 1 saturated carbocycles. The van der Waals surface area contributed by atoms with Gasteiger partial charge in [0.05, 0.1) is 5.76 Å². The van der Waals surface area contributed by atoms with Crippen molar-refractivity contribution in [2.75, 3.05) is 0 Å². The van der Waals surface area contributed by atoms with Crippen LogP contribution in [-0.2, 0) is 4.79 Å². The lowest BCUT2D eigenvalue weighted by Gasteiger charge is -2.38. The molecule has 2 heteroatoms. The van der Waals surface area contributed by atoms with Crippen LogP contribution in [0.1, 0.15) is 93.9 Å². The molecule has 0 aliphatic heterocycles. The fourth-order valence-corrected chi connectivity index (χ4v) is 4.91. The van der Waals surface area contributed by atoms with Crippen LogP contribution in [0.4, 0.5) is 0 Å². The molecular formula is C40H56O2. The van der Waals surface area contributed by atoms with Crippen LogP contribution in [0.5, 0.6) is 0 Å². The van der Waals surface area contributed by atoms with Crippen LogP contribution in [0, 0.1) is 16.7 Å². The number of hydrogen-bond donors (Lipinski definition) is 1. The lowest BCUT2D eigenvalue weighted by molar-refractivity contribution is -0.122. The number of carbonyl (C=O) groups is 1. The smallest absolute Gasteiger partial charge is 0.161 e. The van der Waals surface area contributed by atoms with E-state index in [-0.39, 0.29) is 11.5 Å². The molecule has 228 valence electrons. The summed E-state index contributed by atoms with van der Waals surface area (Å²) in [6.45, 7) is 24.7. The molecule has 1 aliphatic carbocycles. The van der Waals surface area contributed by atoms with E-state index in [4.69, 9.17) is 0 Å². The van der Waals surface area contributed by atoms with Crippen LogP contribution < -0.4 is 0 Å². The highest BCUT2D eigenvalue weighted by atomic mass is 16.3. The summed E-state index contributed by atoms with van der Waals surface area (Å²) in [7, 11) is 0. The highest BCUT2D eigenvalue weighted by Gasteiger charge is 2.32. The van der Waals surface area contributed by atoms with Gasteiger partial charge in [-0.25, -0.2) is 0 Å². The molecule has 0 bridgehead atoms. The zero-order chi connectivity index (χ0) is 31.8. The van der Waals surface area contributed by atoms with Crippen LogP contribution in [-0.4, -0.2) is 10.9 Å². The number of hydrogen-bond acceptors (Lipinski definition) is 2. The van der Waals surface area contributed by atoms with Gasteiger partial charge in [0.1, 0.15) is 0 Å². The minimum atomic E-state index is -0.453. The average molecular weight is 569 g/mol. The summed E-state index contributed by atoms with van der Waals surface area (Å²) in [5, 5.41) is 9.25. The van der Waals surface area contributed by atoms with Crippen LogP contribution in [0.2, 0.25) is 0 Å². The van der Waals surface area contributed by atoms with Gasteiger partial charge in [-0.1, -0.05) is 148 Å². The number of carbonyl (C=O) groups excluding carboxylic acids is 1. The number of aliphatic hydroxyl groups excluding tert-OH is 1. The first-order chi connectivity index (χ1) is 19.6. The molecule has 0 spiro atoms. The van der Waals surface area contributed by atoms with Crippen molar-refractivity contribution in [1.82, 2.24) is 0 Å². The zero-order valence-electron chi connectivity index (χ0n) is 27.7. The topological polar surface area (TPSA) is 37.3 Å². The molecule has 1 rings (SSSR count). The third kappa shape index (κ3) is 15.0. The Balaban J connectivity index is 2.60. The Hall–Kier alpha value is -3.39. The lowest BCUT2D eigenvalue weighted by Crippen LogP contribution is -2.27.